The fraction of sp³-hybridized carbons (Fsp3) is 0.182. The molecule has 0 aliphatic carbocycles. The van der Waals surface area contributed by atoms with Crippen molar-refractivity contribution in [1.82, 2.24) is 14.5 Å². The SMILES string of the molecule is c1ccc(-c2cccc3c2oc2c3ccc3c2nc2n3CCCC2)nc1. The first-order valence-electron chi connectivity index (χ1n) is 9.15. The maximum absolute atomic E-state index is 6.41. The molecule has 1 aliphatic heterocycles. The number of fused-ring (bicyclic) bond motifs is 7. The fourth-order valence-corrected chi connectivity index (χ4v) is 4.21. The van der Waals surface area contributed by atoms with Gasteiger partial charge in [-0.1, -0.05) is 18.2 Å². The highest BCUT2D eigenvalue weighted by Crippen LogP contribution is 2.38. The number of benzene rings is 2. The molecule has 0 bridgehead atoms. The van der Waals surface area contributed by atoms with E-state index in [4.69, 9.17) is 9.40 Å². The molecule has 3 aromatic heterocycles. The molecule has 0 N–H and O–H groups in total. The van der Waals surface area contributed by atoms with E-state index in [2.05, 4.69) is 39.9 Å². The van der Waals surface area contributed by atoms with Gasteiger partial charge in [0.15, 0.2) is 5.58 Å². The number of furan rings is 1. The molecule has 0 radical (unpaired) electrons. The standard InChI is InChI=1S/C22H17N3O/c1-3-12-23-17(8-1)16-7-5-6-14-15-10-11-18-20(22(15)26-21(14)16)24-19-9-2-4-13-25(18)19/h1,3,5-8,10-12H,2,4,9,13H2. The minimum atomic E-state index is 0.889. The zero-order valence-corrected chi connectivity index (χ0v) is 14.3. The molecule has 26 heavy (non-hydrogen) atoms. The third-order valence-corrected chi connectivity index (χ3v) is 5.44. The highest BCUT2D eigenvalue weighted by atomic mass is 16.3. The summed E-state index contributed by atoms with van der Waals surface area (Å²) < 4.78 is 8.77. The summed E-state index contributed by atoms with van der Waals surface area (Å²) in [6, 6.07) is 16.6. The predicted octanol–water partition coefficient (Wildman–Crippen LogP) is 5.33. The van der Waals surface area contributed by atoms with Crippen LogP contribution in [-0.2, 0) is 13.0 Å². The minimum absolute atomic E-state index is 0.889. The van der Waals surface area contributed by atoms with Gasteiger partial charge in [0.05, 0.1) is 11.2 Å². The zero-order valence-electron chi connectivity index (χ0n) is 14.3. The predicted molar refractivity (Wildman–Crippen MR) is 103 cm³/mol. The van der Waals surface area contributed by atoms with Gasteiger partial charge in [-0.25, -0.2) is 4.98 Å². The highest BCUT2D eigenvalue weighted by Gasteiger charge is 2.20. The Balaban J connectivity index is 1.72. The van der Waals surface area contributed by atoms with Crippen molar-refractivity contribution >= 4 is 33.0 Å². The Morgan fingerprint density at radius 2 is 1.85 bits per heavy atom. The number of hydrogen-bond acceptors (Lipinski definition) is 3. The number of hydrogen-bond donors (Lipinski definition) is 0. The van der Waals surface area contributed by atoms with Crippen molar-refractivity contribution in [2.24, 2.45) is 0 Å². The highest BCUT2D eigenvalue weighted by molar-refractivity contribution is 6.15. The number of nitrogens with zero attached hydrogens (tertiary/aromatic N) is 3. The molecule has 2 aromatic carbocycles. The fourth-order valence-electron chi connectivity index (χ4n) is 4.21. The topological polar surface area (TPSA) is 43.9 Å². The zero-order chi connectivity index (χ0) is 17.1. The molecular formula is C22H17N3O. The molecule has 0 amide bonds. The normalized spacial score (nSPS) is 14.3. The summed E-state index contributed by atoms with van der Waals surface area (Å²) in [5.74, 6) is 1.18. The third kappa shape index (κ3) is 1.84. The molecule has 0 spiro atoms. The van der Waals surface area contributed by atoms with Crippen LogP contribution in [0, 0.1) is 0 Å². The largest absolute Gasteiger partial charge is 0.453 e. The summed E-state index contributed by atoms with van der Waals surface area (Å²) in [7, 11) is 0. The average molecular weight is 339 g/mol. The monoisotopic (exact) mass is 339 g/mol. The van der Waals surface area contributed by atoms with E-state index in [9.17, 15) is 0 Å². The molecule has 0 fully saturated rings. The van der Waals surface area contributed by atoms with Crippen molar-refractivity contribution in [3.8, 4) is 11.3 Å². The van der Waals surface area contributed by atoms with Gasteiger partial charge in [-0.3, -0.25) is 4.98 Å². The van der Waals surface area contributed by atoms with Crippen molar-refractivity contribution in [3.63, 3.8) is 0 Å². The number of aromatic nitrogens is 3. The maximum Gasteiger partial charge on any atom is 0.163 e. The van der Waals surface area contributed by atoms with E-state index < -0.39 is 0 Å². The second kappa shape index (κ2) is 5.18. The summed E-state index contributed by atoms with van der Waals surface area (Å²) in [4.78, 5) is 9.44. The van der Waals surface area contributed by atoms with Crippen molar-refractivity contribution in [3.05, 3.63) is 60.6 Å². The van der Waals surface area contributed by atoms with Gasteiger partial charge in [-0.15, -0.1) is 0 Å². The molecule has 0 unspecified atom stereocenters. The lowest BCUT2D eigenvalue weighted by atomic mass is 10.1. The molecule has 0 atom stereocenters. The van der Waals surface area contributed by atoms with Crippen molar-refractivity contribution in [2.45, 2.75) is 25.8 Å². The average Bonchev–Trinajstić information content (AvgIpc) is 3.27. The number of para-hydroxylation sites is 1. The lowest BCUT2D eigenvalue weighted by Gasteiger charge is -2.13. The van der Waals surface area contributed by atoms with Crippen LogP contribution in [0.5, 0.6) is 0 Å². The van der Waals surface area contributed by atoms with Crippen LogP contribution in [0.15, 0.2) is 59.1 Å². The van der Waals surface area contributed by atoms with Crippen molar-refractivity contribution in [1.29, 1.82) is 0 Å². The Morgan fingerprint density at radius 3 is 2.77 bits per heavy atom. The molecule has 6 rings (SSSR count). The number of aryl methyl sites for hydroxylation is 2. The molecule has 126 valence electrons. The minimum Gasteiger partial charge on any atom is -0.453 e. The van der Waals surface area contributed by atoms with E-state index >= 15 is 0 Å². The van der Waals surface area contributed by atoms with Gasteiger partial charge in [0.2, 0.25) is 0 Å². The summed E-state index contributed by atoms with van der Waals surface area (Å²) in [6.45, 7) is 1.05. The van der Waals surface area contributed by atoms with Gasteiger partial charge < -0.3 is 8.98 Å². The van der Waals surface area contributed by atoms with Crippen LogP contribution in [0.4, 0.5) is 0 Å². The van der Waals surface area contributed by atoms with E-state index in [1.807, 2.05) is 24.4 Å². The van der Waals surface area contributed by atoms with Crippen LogP contribution in [-0.4, -0.2) is 14.5 Å². The second-order valence-electron chi connectivity index (χ2n) is 6.95. The molecule has 0 saturated heterocycles. The first kappa shape index (κ1) is 14.1. The second-order valence-corrected chi connectivity index (χ2v) is 6.95. The van der Waals surface area contributed by atoms with Crippen LogP contribution in [0.3, 0.4) is 0 Å². The van der Waals surface area contributed by atoms with Crippen molar-refractivity contribution in [2.75, 3.05) is 0 Å². The van der Waals surface area contributed by atoms with Gasteiger partial charge in [0.1, 0.15) is 16.9 Å². The number of imidazole rings is 1. The summed E-state index contributed by atoms with van der Waals surface area (Å²) in [5, 5.41) is 2.25. The smallest absolute Gasteiger partial charge is 0.163 e. The van der Waals surface area contributed by atoms with E-state index in [1.165, 1.54) is 24.2 Å². The van der Waals surface area contributed by atoms with Crippen LogP contribution in [0.25, 0.3) is 44.2 Å². The molecule has 4 nitrogen and oxygen atoms in total. The van der Waals surface area contributed by atoms with Gasteiger partial charge in [-0.05, 0) is 43.2 Å². The molecule has 1 aliphatic rings. The van der Waals surface area contributed by atoms with Gasteiger partial charge in [0.25, 0.3) is 0 Å². The lowest BCUT2D eigenvalue weighted by molar-refractivity contribution is 0.533. The molecule has 4 heteroatoms. The van der Waals surface area contributed by atoms with Crippen LogP contribution in [0.2, 0.25) is 0 Å². The Hall–Kier alpha value is -3.14. The van der Waals surface area contributed by atoms with Crippen LogP contribution in [0.1, 0.15) is 18.7 Å². The summed E-state index contributed by atoms with van der Waals surface area (Å²) in [5.41, 5.74) is 5.91. The van der Waals surface area contributed by atoms with Gasteiger partial charge >= 0.3 is 0 Å². The first-order valence-corrected chi connectivity index (χ1v) is 9.15. The number of rotatable bonds is 1. The van der Waals surface area contributed by atoms with E-state index in [0.29, 0.717) is 0 Å². The molecule has 4 heterocycles. The van der Waals surface area contributed by atoms with Gasteiger partial charge in [-0.2, -0.15) is 0 Å². The van der Waals surface area contributed by atoms with Crippen LogP contribution < -0.4 is 0 Å². The quantitative estimate of drug-likeness (QED) is 0.414. The molecule has 5 aromatic rings. The maximum atomic E-state index is 6.41. The molecular weight excluding hydrogens is 322 g/mol. The Morgan fingerprint density at radius 1 is 0.885 bits per heavy atom. The Labute approximate surface area is 150 Å². The summed E-state index contributed by atoms with van der Waals surface area (Å²) in [6.07, 6.45) is 5.31. The number of pyridine rings is 1. The van der Waals surface area contributed by atoms with E-state index in [-0.39, 0.29) is 0 Å². The Bertz CT molecular complexity index is 1280. The van der Waals surface area contributed by atoms with E-state index in [0.717, 1.165) is 51.7 Å². The Kier molecular flexibility index (Phi) is 2.80. The summed E-state index contributed by atoms with van der Waals surface area (Å²) >= 11 is 0. The van der Waals surface area contributed by atoms with Gasteiger partial charge in [0, 0.05) is 35.5 Å². The van der Waals surface area contributed by atoms with Crippen LogP contribution >= 0.6 is 0 Å². The third-order valence-electron chi connectivity index (χ3n) is 5.44. The van der Waals surface area contributed by atoms with Crippen molar-refractivity contribution < 1.29 is 4.42 Å². The lowest BCUT2D eigenvalue weighted by Crippen LogP contribution is -2.09. The van der Waals surface area contributed by atoms with E-state index in [1.54, 1.807) is 0 Å². The molecule has 0 saturated carbocycles. The first-order chi connectivity index (χ1) is 12.9.